The maximum Gasteiger partial charge on any atom is 0.150 e. The van der Waals surface area contributed by atoms with Gasteiger partial charge in [-0.2, -0.15) is 0 Å². The minimum absolute atomic E-state index is 0.0208. The normalized spacial score (nSPS) is 14.7. The highest BCUT2D eigenvalue weighted by atomic mass is 79.9. The Morgan fingerprint density at radius 3 is 2.60 bits per heavy atom. The minimum atomic E-state index is -1.30. The van der Waals surface area contributed by atoms with Gasteiger partial charge in [0.15, 0.2) is 0 Å². The smallest absolute Gasteiger partial charge is 0.150 e. The Hall–Kier alpha value is -0.780. The lowest BCUT2D eigenvalue weighted by Gasteiger charge is -2.16. The summed E-state index contributed by atoms with van der Waals surface area (Å²) in [5.74, 6) is -0.702. The van der Waals surface area contributed by atoms with Crippen LogP contribution in [-0.2, 0) is 0 Å². The Morgan fingerprint density at radius 1 is 1.47 bits per heavy atom. The highest BCUT2D eigenvalue weighted by Crippen LogP contribution is 2.21. The standard InChI is InChI=1S/C10H10BrFO3/c11-4-9(14)10(15)7-2-1-6(5-13)3-8(7)12/h1-3,5,9-10,14-15H,4H2. The fourth-order valence-electron chi connectivity index (χ4n) is 1.15. The summed E-state index contributed by atoms with van der Waals surface area (Å²) in [7, 11) is 0. The van der Waals surface area contributed by atoms with Crippen LogP contribution in [0.4, 0.5) is 4.39 Å². The fourth-order valence-corrected chi connectivity index (χ4v) is 1.50. The highest BCUT2D eigenvalue weighted by Gasteiger charge is 2.20. The molecular weight excluding hydrogens is 267 g/mol. The molecule has 0 heterocycles. The zero-order valence-electron chi connectivity index (χ0n) is 7.73. The first-order valence-corrected chi connectivity index (χ1v) is 5.39. The molecule has 3 nitrogen and oxygen atoms in total. The van der Waals surface area contributed by atoms with Crippen molar-refractivity contribution in [3.63, 3.8) is 0 Å². The van der Waals surface area contributed by atoms with E-state index in [1.54, 1.807) is 0 Å². The zero-order chi connectivity index (χ0) is 11.4. The largest absolute Gasteiger partial charge is 0.389 e. The van der Waals surface area contributed by atoms with Crippen LogP contribution in [0.15, 0.2) is 18.2 Å². The predicted molar refractivity (Wildman–Crippen MR) is 56.5 cm³/mol. The molecule has 0 aliphatic rings. The van der Waals surface area contributed by atoms with E-state index in [4.69, 9.17) is 0 Å². The van der Waals surface area contributed by atoms with Crippen molar-refractivity contribution in [3.05, 3.63) is 35.1 Å². The molecule has 0 saturated heterocycles. The highest BCUT2D eigenvalue weighted by molar-refractivity contribution is 9.09. The third-order valence-corrected chi connectivity index (χ3v) is 2.67. The van der Waals surface area contributed by atoms with E-state index in [1.165, 1.54) is 12.1 Å². The zero-order valence-corrected chi connectivity index (χ0v) is 9.32. The first-order valence-electron chi connectivity index (χ1n) is 4.27. The number of carbonyl (C=O) groups excluding carboxylic acids is 1. The molecule has 1 aromatic carbocycles. The van der Waals surface area contributed by atoms with E-state index < -0.39 is 18.0 Å². The molecule has 5 heteroatoms. The molecule has 2 unspecified atom stereocenters. The molecule has 2 N–H and O–H groups in total. The van der Waals surface area contributed by atoms with Crippen LogP contribution in [0.5, 0.6) is 0 Å². The number of halogens is 2. The van der Waals surface area contributed by atoms with Gasteiger partial charge in [0.05, 0.1) is 6.10 Å². The van der Waals surface area contributed by atoms with Gasteiger partial charge in [-0.3, -0.25) is 4.79 Å². The molecule has 0 aliphatic carbocycles. The SMILES string of the molecule is O=Cc1ccc(C(O)C(O)CBr)c(F)c1. The Morgan fingerprint density at radius 2 is 2.13 bits per heavy atom. The second kappa shape index (κ2) is 5.34. The summed E-state index contributed by atoms with van der Waals surface area (Å²) in [5.41, 5.74) is 0.171. The van der Waals surface area contributed by atoms with Crippen molar-refractivity contribution in [1.29, 1.82) is 0 Å². The molecule has 0 saturated carbocycles. The number of hydrogen-bond acceptors (Lipinski definition) is 3. The van der Waals surface area contributed by atoms with Gasteiger partial charge in [0.2, 0.25) is 0 Å². The Balaban J connectivity index is 2.99. The van der Waals surface area contributed by atoms with Crippen LogP contribution < -0.4 is 0 Å². The second-order valence-corrected chi connectivity index (χ2v) is 3.71. The number of aliphatic hydroxyl groups is 2. The van der Waals surface area contributed by atoms with Gasteiger partial charge in [-0.1, -0.05) is 28.1 Å². The molecule has 0 spiro atoms. The van der Waals surface area contributed by atoms with Crippen molar-refractivity contribution in [2.24, 2.45) is 0 Å². The lowest BCUT2D eigenvalue weighted by Crippen LogP contribution is -2.20. The van der Waals surface area contributed by atoms with Crippen molar-refractivity contribution in [3.8, 4) is 0 Å². The molecule has 0 amide bonds. The third kappa shape index (κ3) is 2.84. The van der Waals surface area contributed by atoms with Gasteiger partial charge in [0.25, 0.3) is 0 Å². The van der Waals surface area contributed by atoms with E-state index in [1.807, 2.05) is 0 Å². The van der Waals surface area contributed by atoms with Crippen molar-refractivity contribution < 1.29 is 19.4 Å². The number of alkyl halides is 1. The topological polar surface area (TPSA) is 57.5 Å². The van der Waals surface area contributed by atoms with Crippen LogP contribution in [-0.4, -0.2) is 27.9 Å². The molecule has 0 bridgehead atoms. The second-order valence-electron chi connectivity index (χ2n) is 3.07. The molecule has 2 atom stereocenters. The van der Waals surface area contributed by atoms with Crippen LogP contribution in [0.3, 0.4) is 0 Å². The molecule has 0 fully saturated rings. The number of rotatable bonds is 4. The molecule has 0 aliphatic heterocycles. The molecule has 82 valence electrons. The van der Waals surface area contributed by atoms with Crippen molar-refractivity contribution in [2.45, 2.75) is 12.2 Å². The first-order chi connectivity index (χ1) is 7.10. The number of aldehydes is 1. The van der Waals surface area contributed by atoms with E-state index >= 15 is 0 Å². The van der Waals surface area contributed by atoms with Crippen LogP contribution in [0.2, 0.25) is 0 Å². The number of benzene rings is 1. The molecule has 0 aromatic heterocycles. The number of hydrogen-bond donors (Lipinski definition) is 2. The lowest BCUT2D eigenvalue weighted by atomic mass is 10.0. The van der Waals surface area contributed by atoms with Gasteiger partial charge < -0.3 is 10.2 Å². The van der Waals surface area contributed by atoms with Crippen LogP contribution in [0.1, 0.15) is 22.0 Å². The van der Waals surface area contributed by atoms with E-state index in [2.05, 4.69) is 15.9 Å². The molecule has 1 aromatic rings. The van der Waals surface area contributed by atoms with Crippen LogP contribution in [0.25, 0.3) is 0 Å². The van der Waals surface area contributed by atoms with Crippen LogP contribution >= 0.6 is 15.9 Å². The van der Waals surface area contributed by atoms with Crippen LogP contribution in [0, 0.1) is 5.82 Å². The number of aliphatic hydroxyl groups excluding tert-OH is 2. The van der Waals surface area contributed by atoms with Gasteiger partial charge >= 0.3 is 0 Å². The maximum absolute atomic E-state index is 13.3. The monoisotopic (exact) mass is 276 g/mol. The molecule has 15 heavy (non-hydrogen) atoms. The minimum Gasteiger partial charge on any atom is -0.389 e. The van der Waals surface area contributed by atoms with Crippen molar-refractivity contribution in [2.75, 3.05) is 5.33 Å². The van der Waals surface area contributed by atoms with E-state index in [9.17, 15) is 19.4 Å². The number of carbonyl (C=O) groups is 1. The molecular formula is C10H10BrFO3. The summed E-state index contributed by atoms with van der Waals surface area (Å²) in [5, 5.41) is 19.0. The maximum atomic E-state index is 13.3. The predicted octanol–water partition coefficient (Wildman–Crippen LogP) is 1.43. The van der Waals surface area contributed by atoms with E-state index in [0.29, 0.717) is 6.29 Å². The van der Waals surface area contributed by atoms with E-state index in [-0.39, 0.29) is 16.5 Å². The Bertz CT molecular complexity index is 357. The van der Waals surface area contributed by atoms with Gasteiger partial charge in [0.1, 0.15) is 18.2 Å². The average Bonchev–Trinajstić information content (AvgIpc) is 2.26. The summed E-state index contributed by atoms with van der Waals surface area (Å²) in [6, 6.07) is 3.69. The summed E-state index contributed by atoms with van der Waals surface area (Å²) >= 11 is 2.98. The van der Waals surface area contributed by atoms with E-state index in [0.717, 1.165) is 6.07 Å². The van der Waals surface area contributed by atoms with Crippen molar-refractivity contribution in [1.82, 2.24) is 0 Å². The Kier molecular flexibility index (Phi) is 4.38. The summed E-state index contributed by atoms with van der Waals surface area (Å²) in [6.07, 6.45) is -1.87. The molecule has 1 rings (SSSR count). The first kappa shape index (κ1) is 12.3. The van der Waals surface area contributed by atoms with Gasteiger partial charge in [-0.15, -0.1) is 0 Å². The summed E-state index contributed by atoms with van der Waals surface area (Å²) in [4.78, 5) is 10.3. The van der Waals surface area contributed by atoms with Crippen molar-refractivity contribution >= 4 is 22.2 Å². The van der Waals surface area contributed by atoms with Gasteiger partial charge in [0, 0.05) is 16.5 Å². The Labute approximate surface area is 94.7 Å². The van der Waals surface area contributed by atoms with Gasteiger partial charge in [-0.05, 0) is 6.07 Å². The summed E-state index contributed by atoms with van der Waals surface area (Å²) < 4.78 is 13.3. The quantitative estimate of drug-likeness (QED) is 0.646. The fraction of sp³-hybridized carbons (Fsp3) is 0.300. The summed E-state index contributed by atoms with van der Waals surface area (Å²) in [6.45, 7) is 0. The molecule has 0 radical (unpaired) electrons. The van der Waals surface area contributed by atoms with Gasteiger partial charge in [-0.25, -0.2) is 4.39 Å². The average molecular weight is 277 g/mol. The third-order valence-electron chi connectivity index (χ3n) is 2.00. The lowest BCUT2D eigenvalue weighted by molar-refractivity contribution is 0.0320.